The molecule has 1 fully saturated rings. The third kappa shape index (κ3) is 5.29. The topological polar surface area (TPSA) is 78.5 Å². The predicted octanol–water partition coefficient (Wildman–Crippen LogP) is 2.02. The summed E-state index contributed by atoms with van der Waals surface area (Å²) in [6.45, 7) is 5.73. The highest BCUT2D eigenvalue weighted by atomic mass is 32.1. The summed E-state index contributed by atoms with van der Waals surface area (Å²) in [6, 6.07) is 3.02. The van der Waals surface area contributed by atoms with Crippen molar-refractivity contribution in [2.45, 2.75) is 45.6 Å². The zero-order valence-corrected chi connectivity index (χ0v) is 15.7. The fraction of sp³-hybridized carbons (Fsp3) is 0.611. The fourth-order valence-corrected chi connectivity index (χ4v) is 3.71. The van der Waals surface area contributed by atoms with E-state index in [1.54, 1.807) is 6.07 Å². The maximum atomic E-state index is 12.6. The molecule has 1 saturated heterocycles. The zero-order chi connectivity index (χ0) is 18.2. The molecule has 7 heteroatoms. The summed E-state index contributed by atoms with van der Waals surface area (Å²) in [5, 5.41) is 7.65. The Kier molecular flexibility index (Phi) is 7.43. The van der Waals surface area contributed by atoms with Crippen molar-refractivity contribution < 1.29 is 14.4 Å². The summed E-state index contributed by atoms with van der Waals surface area (Å²) in [7, 11) is 0. The standard InChI is InChI=1S/C18H27N3O3S/c1-3-9-19-18(24)16(20-17(23)14-6-5-12-25-14)13-7-10-21(11-8-13)15(22)4-2/h5-6,12-13,16H,3-4,7-11H2,1-2H3,(H,19,24)(H,20,23)/t16-/m0/s1. The molecule has 1 aliphatic heterocycles. The molecule has 0 unspecified atom stereocenters. The van der Waals surface area contributed by atoms with Gasteiger partial charge in [0.05, 0.1) is 4.88 Å². The summed E-state index contributed by atoms with van der Waals surface area (Å²) in [4.78, 5) is 39.3. The summed E-state index contributed by atoms with van der Waals surface area (Å²) >= 11 is 1.36. The quantitative estimate of drug-likeness (QED) is 0.776. The van der Waals surface area contributed by atoms with E-state index >= 15 is 0 Å². The van der Waals surface area contributed by atoms with Crippen LogP contribution in [-0.2, 0) is 9.59 Å². The highest BCUT2D eigenvalue weighted by Gasteiger charge is 2.33. The number of rotatable bonds is 7. The first-order chi connectivity index (χ1) is 12.1. The molecule has 0 bridgehead atoms. The first-order valence-corrected chi connectivity index (χ1v) is 9.84. The Labute approximate surface area is 153 Å². The molecule has 25 heavy (non-hydrogen) atoms. The molecule has 1 aromatic heterocycles. The number of hydrogen-bond donors (Lipinski definition) is 2. The van der Waals surface area contributed by atoms with Crippen molar-refractivity contribution in [3.05, 3.63) is 22.4 Å². The maximum Gasteiger partial charge on any atom is 0.262 e. The summed E-state index contributed by atoms with van der Waals surface area (Å²) in [6.07, 6.45) is 2.79. The van der Waals surface area contributed by atoms with Gasteiger partial charge in [0, 0.05) is 26.1 Å². The van der Waals surface area contributed by atoms with Gasteiger partial charge < -0.3 is 15.5 Å². The highest BCUT2D eigenvalue weighted by molar-refractivity contribution is 7.12. The van der Waals surface area contributed by atoms with Crippen molar-refractivity contribution in [2.75, 3.05) is 19.6 Å². The molecule has 2 heterocycles. The van der Waals surface area contributed by atoms with Crippen LogP contribution in [0.2, 0.25) is 0 Å². The second-order valence-electron chi connectivity index (χ2n) is 6.29. The lowest BCUT2D eigenvalue weighted by atomic mass is 9.88. The lowest BCUT2D eigenvalue weighted by Gasteiger charge is -2.35. The molecular formula is C18H27N3O3S. The minimum Gasteiger partial charge on any atom is -0.354 e. The largest absolute Gasteiger partial charge is 0.354 e. The van der Waals surface area contributed by atoms with E-state index in [-0.39, 0.29) is 23.6 Å². The number of likely N-dealkylation sites (tertiary alicyclic amines) is 1. The van der Waals surface area contributed by atoms with Gasteiger partial charge in [-0.05, 0) is 36.6 Å². The molecule has 0 aromatic carbocycles. The van der Waals surface area contributed by atoms with Crippen LogP contribution in [0.1, 0.15) is 49.2 Å². The van der Waals surface area contributed by atoms with Crippen molar-refractivity contribution >= 4 is 29.1 Å². The van der Waals surface area contributed by atoms with Crippen molar-refractivity contribution in [3.63, 3.8) is 0 Å². The number of nitrogens with one attached hydrogen (secondary N) is 2. The number of amides is 3. The molecule has 6 nitrogen and oxygen atoms in total. The van der Waals surface area contributed by atoms with Crippen LogP contribution < -0.4 is 10.6 Å². The van der Waals surface area contributed by atoms with Crippen LogP contribution in [0.3, 0.4) is 0 Å². The number of thiophene rings is 1. The summed E-state index contributed by atoms with van der Waals surface area (Å²) in [5.41, 5.74) is 0. The van der Waals surface area contributed by atoms with Crippen LogP contribution in [-0.4, -0.2) is 48.3 Å². The molecule has 2 N–H and O–H groups in total. The molecule has 0 saturated carbocycles. The number of carbonyl (C=O) groups excluding carboxylic acids is 3. The minimum absolute atomic E-state index is 0.0432. The van der Waals surface area contributed by atoms with Gasteiger partial charge in [0.15, 0.2) is 0 Å². The molecule has 3 amide bonds. The van der Waals surface area contributed by atoms with E-state index in [4.69, 9.17) is 0 Å². The third-order valence-corrected chi connectivity index (χ3v) is 5.40. The smallest absolute Gasteiger partial charge is 0.262 e. The van der Waals surface area contributed by atoms with Crippen LogP contribution >= 0.6 is 11.3 Å². The highest BCUT2D eigenvalue weighted by Crippen LogP contribution is 2.22. The second-order valence-corrected chi connectivity index (χ2v) is 7.24. The molecular weight excluding hydrogens is 338 g/mol. The molecule has 1 atom stereocenters. The van der Waals surface area contributed by atoms with E-state index in [0.717, 1.165) is 19.3 Å². The van der Waals surface area contributed by atoms with Gasteiger partial charge in [-0.3, -0.25) is 14.4 Å². The predicted molar refractivity (Wildman–Crippen MR) is 98.5 cm³/mol. The Morgan fingerprint density at radius 3 is 2.56 bits per heavy atom. The molecule has 1 aromatic rings. The molecule has 1 aliphatic rings. The van der Waals surface area contributed by atoms with E-state index in [0.29, 0.717) is 30.9 Å². The van der Waals surface area contributed by atoms with E-state index in [1.807, 2.05) is 30.2 Å². The normalized spacial score (nSPS) is 16.3. The Balaban J connectivity index is 2.03. The number of nitrogens with zero attached hydrogens (tertiary/aromatic N) is 1. The fourth-order valence-electron chi connectivity index (χ4n) is 3.08. The molecule has 0 radical (unpaired) electrons. The lowest BCUT2D eigenvalue weighted by molar-refractivity contribution is -0.132. The van der Waals surface area contributed by atoms with E-state index in [2.05, 4.69) is 10.6 Å². The van der Waals surface area contributed by atoms with Crippen LogP contribution in [0, 0.1) is 5.92 Å². The monoisotopic (exact) mass is 365 g/mol. The van der Waals surface area contributed by atoms with Gasteiger partial charge in [-0.1, -0.05) is 19.9 Å². The van der Waals surface area contributed by atoms with E-state index in [1.165, 1.54) is 11.3 Å². The third-order valence-electron chi connectivity index (χ3n) is 4.53. The minimum atomic E-state index is -0.556. The Bertz CT molecular complexity index is 580. The zero-order valence-electron chi connectivity index (χ0n) is 14.9. The Morgan fingerprint density at radius 2 is 2.00 bits per heavy atom. The number of hydrogen-bond acceptors (Lipinski definition) is 4. The molecule has 138 valence electrons. The Hall–Kier alpha value is -1.89. The van der Waals surface area contributed by atoms with Crippen molar-refractivity contribution in [3.8, 4) is 0 Å². The number of piperidine rings is 1. The van der Waals surface area contributed by atoms with Gasteiger partial charge in [-0.15, -0.1) is 11.3 Å². The summed E-state index contributed by atoms with van der Waals surface area (Å²) < 4.78 is 0. The lowest BCUT2D eigenvalue weighted by Crippen LogP contribution is -2.53. The van der Waals surface area contributed by atoms with Gasteiger partial charge in [0.2, 0.25) is 11.8 Å². The average molecular weight is 365 g/mol. The van der Waals surface area contributed by atoms with Crippen molar-refractivity contribution in [2.24, 2.45) is 5.92 Å². The number of carbonyl (C=O) groups is 3. The van der Waals surface area contributed by atoms with E-state index < -0.39 is 6.04 Å². The second kappa shape index (κ2) is 9.56. The first-order valence-electron chi connectivity index (χ1n) is 8.96. The summed E-state index contributed by atoms with van der Waals surface area (Å²) in [5.74, 6) is -0.152. The van der Waals surface area contributed by atoms with Crippen LogP contribution in [0.15, 0.2) is 17.5 Å². The average Bonchev–Trinajstić information content (AvgIpc) is 3.18. The van der Waals surface area contributed by atoms with Crippen LogP contribution in [0.4, 0.5) is 0 Å². The van der Waals surface area contributed by atoms with Crippen molar-refractivity contribution in [1.82, 2.24) is 15.5 Å². The maximum absolute atomic E-state index is 12.6. The van der Waals surface area contributed by atoms with Crippen LogP contribution in [0.5, 0.6) is 0 Å². The van der Waals surface area contributed by atoms with Gasteiger partial charge in [0.25, 0.3) is 5.91 Å². The Morgan fingerprint density at radius 1 is 1.28 bits per heavy atom. The SMILES string of the molecule is CCCNC(=O)[C@@H](NC(=O)c1cccs1)C1CCN(C(=O)CC)CC1. The molecule has 0 aliphatic carbocycles. The van der Waals surface area contributed by atoms with Gasteiger partial charge >= 0.3 is 0 Å². The first kappa shape index (κ1) is 19.4. The van der Waals surface area contributed by atoms with E-state index in [9.17, 15) is 14.4 Å². The molecule has 2 rings (SSSR count). The van der Waals surface area contributed by atoms with Gasteiger partial charge in [-0.2, -0.15) is 0 Å². The molecule has 0 spiro atoms. The van der Waals surface area contributed by atoms with Crippen LogP contribution in [0.25, 0.3) is 0 Å². The van der Waals surface area contributed by atoms with Crippen molar-refractivity contribution in [1.29, 1.82) is 0 Å². The van der Waals surface area contributed by atoms with Gasteiger partial charge in [0.1, 0.15) is 6.04 Å². The van der Waals surface area contributed by atoms with Gasteiger partial charge in [-0.25, -0.2) is 0 Å².